The monoisotopic (exact) mass is 312 g/mol. The summed E-state index contributed by atoms with van der Waals surface area (Å²) in [6.07, 6.45) is 0. The second-order valence-electron chi connectivity index (χ2n) is 4.67. The van der Waals surface area contributed by atoms with Gasteiger partial charge in [-0.15, -0.1) is 10.2 Å². The fraction of sp³-hybridized carbons (Fsp3) is 0.133. The van der Waals surface area contributed by atoms with Crippen LogP contribution in [0.3, 0.4) is 0 Å². The highest BCUT2D eigenvalue weighted by atomic mass is 16.4. The molecule has 0 fully saturated rings. The Labute approximate surface area is 130 Å². The van der Waals surface area contributed by atoms with E-state index in [1.807, 2.05) is 0 Å². The topological polar surface area (TPSA) is 128 Å². The van der Waals surface area contributed by atoms with Crippen molar-refractivity contribution >= 4 is 17.3 Å². The van der Waals surface area contributed by atoms with Gasteiger partial charge < -0.3 is 10.2 Å². The van der Waals surface area contributed by atoms with Gasteiger partial charge in [-0.25, -0.2) is 4.79 Å². The Morgan fingerprint density at radius 2 is 1.96 bits per heavy atom. The largest absolute Gasteiger partial charge is 0.493 e. The van der Waals surface area contributed by atoms with Crippen molar-refractivity contribution in [3.63, 3.8) is 0 Å². The van der Waals surface area contributed by atoms with Gasteiger partial charge in [-0.1, -0.05) is 12.1 Å². The van der Waals surface area contributed by atoms with Gasteiger partial charge in [0.2, 0.25) is 5.88 Å². The molecule has 0 saturated carbocycles. The number of pyridine rings is 1. The van der Waals surface area contributed by atoms with Crippen molar-refractivity contribution in [1.29, 1.82) is 5.26 Å². The lowest BCUT2D eigenvalue weighted by atomic mass is 10.1. The molecule has 0 radical (unpaired) electrons. The molecule has 2 rings (SSSR count). The summed E-state index contributed by atoms with van der Waals surface area (Å²) in [7, 11) is 1.29. The number of aromatic nitrogens is 1. The van der Waals surface area contributed by atoms with E-state index in [1.54, 1.807) is 18.2 Å². The fourth-order valence-corrected chi connectivity index (χ4v) is 1.97. The van der Waals surface area contributed by atoms with E-state index in [1.165, 1.54) is 26.1 Å². The molecule has 0 saturated heterocycles. The Bertz CT molecular complexity index is 922. The van der Waals surface area contributed by atoms with E-state index in [9.17, 15) is 14.7 Å². The van der Waals surface area contributed by atoms with E-state index in [-0.39, 0.29) is 28.1 Å². The standard InChI is InChI=1S/C15H12N4O4/c1-8-10(7-16)13(20)19(2)14(21)12(8)18-17-11-6-4-3-5-9(11)15(22)23/h3-6,20H,1-2H3,(H,22,23). The highest BCUT2D eigenvalue weighted by Crippen LogP contribution is 2.27. The van der Waals surface area contributed by atoms with Crippen LogP contribution in [0.4, 0.5) is 11.4 Å². The number of hydrogen-bond donors (Lipinski definition) is 2. The molecule has 2 aromatic rings. The summed E-state index contributed by atoms with van der Waals surface area (Å²) in [5.41, 5.74) is -0.687. The van der Waals surface area contributed by atoms with Crippen LogP contribution in [0.15, 0.2) is 39.3 Å². The van der Waals surface area contributed by atoms with E-state index in [0.29, 0.717) is 0 Å². The first-order valence-corrected chi connectivity index (χ1v) is 6.45. The summed E-state index contributed by atoms with van der Waals surface area (Å²) in [6.45, 7) is 1.46. The van der Waals surface area contributed by atoms with Gasteiger partial charge in [-0.3, -0.25) is 9.36 Å². The molecule has 0 aliphatic heterocycles. The number of rotatable bonds is 3. The Balaban J connectivity index is 2.63. The Kier molecular flexibility index (Phi) is 4.23. The summed E-state index contributed by atoms with van der Waals surface area (Å²) in [5, 5.41) is 35.5. The average molecular weight is 312 g/mol. The van der Waals surface area contributed by atoms with Crippen molar-refractivity contribution < 1.29 is 15.0 Å². The molecular formula is C15H12N4O4. The van der Waals surface area contributed by atoms with Gasteiger partial charge in [0.1, 0.15) is 17.3 Å². The molecule has 0 unspecified atom stereocenters. The summed E-state index contributed by atoms with van der Waals surface area (Å²) >= 11 is 0. The number of nitrogens with zero attached hydrogens (tertiary/aromatic N) is 4. The van der Waals surface area contributed by atoms with Crippen molar-refractivity contribution in [2.45, 2.75) is 6.92 Å². The number of hydrogen-bond acceptors (Lipinski definition) is 6. The predicted molar refractivity (Wildman–Crippen MR) is 80.4 cm³/mol. The second-order valence-corrected chi connectivity index (χ2v) is 4.67. The van der Waals surface area contributed by atoms with Crippen molar-refractivity contribution in [2.75, 3.05) is 0 Å². The molecule has 0 aliphatic carbocycles. The molecule has 8 heteroatoms. The average Bonchev–Trinajstić information content (AvgIpc) is 2.53. The van der Waals surface area contributed by atoms with Gasteiger partial charge in [0.05, 0.1) is 5.56 Å². The molecular weight excluding hydrogens is 300 g/mol. The van der Waals surface area contributed by atoms with E-state index in [4.69, 9.17) is 10.4 Å². The summed E-state index contributed by atoms with van der Waals surface area (Å²) in [4.78, 5) is 23.3. The molecule has 2 N–H and O–H groups in total. The maximum Gasteiger partial charge on any atom is 0.337 e. The number of azo groups is 1. The summed E-state index contributed by atoms with van der Waals surface area (Å²) in [5.74, 6) is -1.63. The summed E-state index contributed by atoms with van der Waals surface area (Å²) in [6, 6.07) is 7.73. The highest BCUT2D eigenvalue weighted by molar-refractivity contribution is 5.93. The quantitative estimate of drug-likeness (QED) is 0.841. The molecule has 116 valence electrons. The van der Waals surface area contributed by atoms with Crippen LogP contribution >= 0.6 is 0 Å². The van der Waals surface area contributed by atoms with Gasteiger partial charge in [0.15, 0.2) is 5.69 Å². The van der Waals surface area contributed by atoms with Gasteiger partial charge >= 0.3 is 5.97 Å². The molecule has 1 aromatic heterocycles. The number of aromatic hydroxyl groups is 1. The van der Waals surface area contributed by atoms with Crippen LogP contribution in [0.2, 0.25) is 0 Å². The molecule has 0 spiro atoms. The summed E-state index contributed by atoms with van der Waals surface area (Å²) < 4.78 is 0.878. The lowest BCUT2D eigenvalue weighted by molar-refractivity contribution is 0.0697. The molecule has 0 bridgehead atoms. The van der Waals surface area contributed by atoms with E-state index >= 15 is 0 Å². The molecule has 0 atom stereocenters. The highest BCUT2D eigenvalue weighted by Gasteiger charge is 2.17. The van der Waals surface area contributed by atoms with Crippen molar-refractivity contribution in [3.8, 4) is 11.9 Å². The molecule has 8 nitrogen and oxygen atoms in total. The third kappa shape index (κ3) is 2.80. The molecule has 0 amide bonds. The smallest absolute Gasteiger partial charge is 0.337 e. The normalized spacial score (nSPS) is 10.7. The van der Waals surface area contributed by atoms with Crippen LogP contribution in [0.5, 0.6) is 5.88 Å². The van der Waals surface area contributed by atoms with Gasteiger partial charge in [-0.05, 0) is 19.1 Å². The lowest BCUT2D eigenvalue weighted by Gasteiger charge is -2.08. The van der Waals surface area contributed by atoms with Crippen molar-refractivity contribution in [1.82, 2.24) is 4.57 Å². The number of aromatic carboxylic acids is 1. The Morgan fingerprint density at radius 1 is 1.30 bits per heavy atom. The minimum absolute atomic E-state index is 0.0648. The number of carbonyl (C=O) groups is 1. The van der Waals surface area contributed by atoms with Crippen LogP contribution < -0.4 is 5.56 Å². The zero-order valence-corrected chi connectivity index (χ0v) is 12.3. The number of carboxylic acids is 1. The third-order valence-corrected chi connectivity index (χ3v) is 3.28. The fourth-order valence-electron chi connectivity index (χ4n) is 1.97. The van der Waals surface area contributed by atoms with Gasteiger partial charge in [0.25, 0.3) is 5.56 Å². The first-order chi connectivity index (χ1) is 10.9. The number of nitriles is 1. The van der Waals surface area contributed by atoms with E-state index in [2.05, 4.69) is 10.2 Å². The minimum Gasteiger partial charge on any atom is -0.493 e. The zero-order valence-electron chi connectivity index (χ0n) is 12.3. The Hall–Kier alpha value is -3.47. The van der Waals surface area contributed by atoms with E-state index < -0.39 is 17.4 Å². The van der Waals surface area contributed by atoms with E-state index in [0.717, 1.165) is 4.57 Å². The molecule has 23 heavy (non-hydrogen) atoms. The molecule has 1 aromatic carbocycles. The molecule has 1 heterocycles. The van der Waals surface area contributed by atoms with Crippen LogP contribution in [0.1, 0.15) is 21.5 Å². The van der Waals surface area contributed by atoms with Crippen LogP contribution in [-0.4, -0.2) is 20.7 Å². The maximum absolute atomic E-state index is 12.1. The Morgan fingerprint density at radius 3 is 2.57 bits per heavy atom. The zero-order chi connectivity index (χ0) is 17.1. The number of benzene rings is 1. The van der Waals surface area contributed by atoms with Crippen molar-refractivity contribution in [3.05, 3.63) is 51.3 Å². The SMILES string of the molecule is Cc1c(C#N)c(O)n(C)c(=O)c1N=Nc1ccccc1C(=O)O. The van der Waals surface area contributed by atoms with Crippen molar-refractivity contribution in [2.24, 2.45) is 17.3 Å². The lowest BCUT2D eigenvalue weighted by Crippen LogP contribution is -2.18. The van der Waals surface area contributed by atoms with Crippen LogP contribution in [0.25, 0.3) is 0 Å². The predicted octanol–water partition coefficient (Wildman–Crippen LogP) is 2.38. The number of carboxylic acid groups (broad SMARTS) is 1. The third-order valence-electron chi connectivity index (χ3n) is 3.28. The first kappa shape index (κ1) is 15.9. The first-order valence-electron chi connectivity index (χ1n) is 6.45. The maximum atomic E-state index is 12.1. The minimum atomic E-state index is -1.17. The van der Waals surface area contributed by atoms with Crippen LogP contribution in [-0.2, 0) is 7.05 Å². The van der Waals surface area contributed by atoms with Gasteiger partial charge in [0, 0.05) is 12.6 Å². The second kappa shape index (κ2) is 6.11. The molecule has 0 aliphatic rings. The van der Waals surface area contributed by atoms with Gasteiger partial charge in [-0.2, -0.15) is 5.26 Å². The van der Waals surface area contributed by atoms with Crippen LogP contribution in [0, 0.1) is 18.3 Å².